The van der Waals surface area contributed by atoms with Gasteiger partial charge < -0.3 is 10.3 Å². The molecule has 0 spiro atoms. The van der Waals surface area contributed by atoms with E-state index in [1.165, 1.54) is 0 Å². The lowest BCUT2D eigenvalue weighted by Gasteiger charge is -2.06. The summed E-state index contributed by atoms with van der Waals surface area (Å²) in [6, 6.07) is 19.2. The van der Waals surface area contributed by atoms with Crippen LogP contribution in [0.15, 0.2) is 65.5 Å². The molecule has 2 N–H and O–H groups in total. The maximum Gasteiger partial charge on any atom is 0.272 e. The second-order valence-corrected chi connectivity index (χ2v) is 4.09. The summed E-state index contributed by atoms with van der Waals surface area (Å²) in [4.78, 5) is 14.8. The minimum absolute atomic E-state index is 0.113. The number of pyridine rings is 1. The van der Waals surface area contributed by atoms with E-state index >= 15 is 0 Å². The average molecular weight is 236 g/mol. The zero-order chi connectivity index (χ0) is 12.4. The van der Waals surface area contributed by atoms with E-state index in [0.717, 1.165) is 16.6 Å². The van der Waals surface area contributed by atoms with Crippen LogP contribution in [0.5, 0.6) is 0 Å². The third-order valence-corrected chi connectivity index (χ3v) is 2.81. The van der Waals surface area contributed by atoms with Gasteiger partial charge in [0.2, 0.25) is 0 Å². The first-order valence-corrected chi connectivity index (χ1v) is 5.77. The highest BCUT2D eigenvalue weighted by molar-refractivity contribution is 5.82. The van der Waals surface area contributed by atoms with E-state index < -0.39 is 0 Å². The molecule has 0 atom stereocenters. The topological polar surface area (TPSA) is 44.9 Å². The fourth-order valence-electron chi connectivity index (χ4n) is 1.92. The van der Waals surface area contributed by atoms with Crippen molar-refractivity contribution >= 4 is 22.3 Å². The number of H-pyrrole nitrogens is 1. The predicted octanol–water partition coefficient (Wildman–Crippen LogP) is 3.27. The molecular formula is C15H12N2O. The van der Waals surface area contributed by atoms with Crippen molar-refractivity contribution in [3.05, 3.63) is 71.0 Å². The molecule has 0 bridgehead atoms. The molecule has 0 radical (unpaired) electrons. The summed E-state index contributed by atoms with van der Waals surface area (Å²) in [7, 11) is 0. The van der Waals surface area contributed by atoms with Gasteiger partial charge in [0, 0.05) is 16.6 Å². The predicted molar refractivity (Wildman–Crippen MR) is 74.3 cm³/mol. The molecule has 0 aliphatic heterocycles. The first-order chi connectivity index (χ1) is 8.83. The van der Waals surface area contributed by atoms with Crippen LogP contribution in [0, 0.1) is 0 Å². The van der Waals surface area contributed by atoms with Gasteiger partial charge in [-0.05, 0) is 24.3 Å². The quantitative estimate of drug-likeness (QED) is 0.717. The smallest absolute Gasteiger partial charge is 0.272 e. The molecule has 18 heavy (non-hydrogen) atoms. The third-order valence-electron chi connectivity index (χ3n) is 2.81. The second-order valence-electron chi connectivity index (χ2n) is 4.09. The van der Waals surface area contributed by atoms with Crippen LogP contribution < -0.4 is 10.9 Å². The Morgan fingerprint density at radius 2 is 1.61 bits per heavy atom. The van der Waals surface area contributed by atoms with Crippen molar-refractivity contribution in [2.75, 3.05) is 5.32 Å². The first kappa shape index (κ1) is 10.6. The number of benzene rings is 2. The SMILES string of the molecule is O=c1[nH]c2ccccc2cc1Nc1ccccc1. The van der Waals surface area contributed by atoms with Crippen LogP contribution in [0.4, 0.5) is 11.4 Å². The average Bonchev–Trinajstić information content (AvgIpc) is 2.41. The normalized spacial score (nSPS) is 10.4. The number of aromatic amines is 1. The fraction of sp³-hybridized carbons (Fsp3) is 0. The van der Waals surface area contributed by atoms with E-state index in [0.29, 0.717) is 5.69 Å². The van der Waals surface area contributed by atoms with E-state index in [4.69, 9.17) is 0 Å². The molecule has 2 aromatic carbocycles. The maximum absolute atomic E-state index is 11.9. The Hall–Kier alpha value is -2.55. The van der Waals surface area contributed by atoms with Crippen LogP contribution in [0.3, 0.4) is 0 Å². The van der Waals surface area contributed by atoms with Crippen molar-refractivity contribution < 1.29 is 0 Å². The summed E-state index contributed by atoms with van der Waals surface area (Å²) in [6.07, 6.45) is 0. The third kappa shape index (κ3) is 1.98. The van der Waals surface area contributed by atoms with Crippen LogP contribution in [-0.4, -0.2) is 4.98 Å². The Bertz CT molecular complexity index is 732. The minimum Gasteiger partial charge on any atom is -0.351 e. The highest BCUT2D eigenvalue weighted by Crippen LogP contribution is 2.16. The largest absolute Gasteiger partial charge is 0.351 e. The number of anilines is 2. The molecule has 3 rings (SSSR count). The van der Waals surface area contributed by atoms with Crippen LogP contribution in [0.2, 0.25) is 0 Å². The fourth-order valence-corrected chi connectivity index (χ4v) is 1.92. The van der Waals surface area contributed by atoms with Gasteiger partial charge in [-0.2, -0.15) is 0 Å². The number of aromatic nitrogens is 1. The number of para-hydroxylation sites is 2. The summed E-state index contributed by atoms with van der Waals surface area (Å²) < 4.78 is 0. The standard InChI is InChI=1S/C15H12N2O/c18-15-14(16-12-7-2-1-3-8-12)10-11-6-4-5-9-13(11)17-15/h1-10,16H,(H,17,18). The number of hydrogen-bond acceptors (Lipinski definition) is 2. The van der Waals surface area contributed by atoms with Crippen molar-refractivity contribution in [1.82, 2.24) is 4.98 Å². The molecule has 88 valence electrons. The highest BCUT2D eigenvalue weighted by Gasteiger charge is 2.02. The van der Waals surface area contributed by atoms with Crippen molar-refractivity contribution in [2.24, 2.45) is 0 Å². The monoisotopic (exact) mass is 236 g/mol. The molecule has 3 nitrogen and oxygen atoms in total. The van der Waals surface area contributed by atoms with Gasteiger partial charge >= 0.3 is 0 Å². The van der Waals surface area contributed by atoms with Gasteiger partial charge in [0.05, 0.1) is 0 Å². The van der Waals surface area contributed by atoms with Crippen LogP contribution in [0.1, 0.15) is 0 Å². The van der Waals surface area contributed by atoms with E-state index in [1.807, 2.05) is 60.7 Å². The molecule has 0 aliphatic carbocycles. The van der Waals surface area contributed by atoms with Crippen molar-refractivity contribution in [2.45, 2.75) is 0 Å². The van der Waals surface area contributed by atoms with Gasteiger partial charge in [-0.1, -0.05) is 36.4 Å². The van der Waals surface area contributed by atoms with E-state index in [2.05, 4.69) is 10.3 Å². The Balaban J connectivity index is 2.07. The van der Waals surface area contributed by atoms with Crippen LogP contribution in [-0.2, 0) is 0 Å². The number of hydrogen-bond donors (Lipinski definition) is 2. The minimum atomic E-state index is -0.113. The Kier molecular flexibility index (Phi) is 2.57. The lowest BCUT2D eigenvalue weighted by Crippen LogP contribution is -2.11. The zero-order valence-corrected chi connectivity index (χ0v) is 9.68. The van der Waals surface area contributed by atoms with Crippen molar-refractivity contribution in [3.8, 4) is 0 Å². The molecule has 1 heterocycles. The van der Waals surface area contributed by atoms with Crippen molar-refractivity contribution in [3.63, 3.8) is 0 Å². The highest BCUT2D eigenvalue weighted by atomic mass is 16.1. The molecule has 3 heteroatoms. The van der Waals surface area contributed by atoms with E-state index in [9.17, 15) is 4.79 Å². The Morgan fingerprint density at radius 3 is 2.44 bits per heavy atom. The number of rotatable bonds is 2. The summed E-state index contributed by atoms with van der Waals surface area (Å²) >= 11 is 0. The lowest BCUT2D eigenvalue weighted by atomic mass is 10.2. The van der Waals surface area contributed by atoms with Gasteiger partial charge in [0.25, 0.3) is 5.56 Å². The molecule has 0 saturated heterocycles. The van der Waals surface area contributed by atoms with Crippen LogP contribution >= 0.6 is 0 Å². The molecular weight excluding hydrogens is 224 g/mol. The molecule has 0 saturated carbocycles. The molecule has 0 aliphatic rings. The summed E-state index contributed by atoms with van der Waals surface area (Å²) in [5, 5.41) is 4.13. The summed E-state index contributed by atoms with van der Waals surface area (Å²) in [6.45, 7) is 0. The number of nitrogens with one attached hydrogen (secondary N) is 2. The first-order valence-electron chi connectivity index (χ1n) is 5.77. The lowest BCUT2D eigenvalue weighted by molar-refractivity contribution is 1.30. The molecule has 0 amide bonds. The molecule has 3 aromatic rings. The molecule has 1 aromatic heterocycles. The summed E-state index contributed by atoms with van der Waals surface area (Å²) in [5.74, 6) is 0. The van der Waals surface area contributed by atoms with Gasteiger partial charge in [0.1, 0.15) is 5.69 Å². The van der Waals surface area contributed by atoms with Gasteiger partial charge in [-0.25, -0.2) is 0 Å². The van der Waals surface area contributed by atoms with E-state index in [1.54, 1.807) is 0 Å². The second kappa shape index (κ2) is 4.37. The van der Waals surface area contributed by atoms with Gasteiger partial charge in [0.15, 0.2) is 0 Å². The Morgan fingerprint density at radius 1 is 0.889 bits per heavy atom. The maximum atomic E-state index is 11.9. The van der Waals surface area contributed by atoms with Gasteiger partial charge in [-0.3, -0.25) is 4.79 Å². The molecule has 0 fully saturated rings. The summed E-state index contributed by atoms with van der Waals surface area (Å²) in [5.41, 5.74) is 2.19. The number of fused-ring (bicyclic) bond motifs is 1. The van der Waals surface area contributed by atoms with E-state index in [-0.39, 0.29) is 5.56 Å². The molecule has 0 unspecified atom stereocenters. The zero-order valence-electron chi connectivity index (χ0n) is 9.68. The van der Waals surface area contributed by atoms with Crippen LogP contribution in [0.25, 0.3) is 10.9 Å². The Labute approximate surface area is 104 Å². The van der Waals surface area contributed by atoms with Crippen molar-refractivity contribution in [1.29, 1.82) is 0 Å². The van der Waals surface area contributed by atoms with Gasteiger partial charge in [-0.15, -0.1) is 0 Å².